The average Bonchev–Trinajstić information content (AvgIpc) is 2.41. The molecule has 2 rings (SSSR count). The van der Waals surface area contributed by atoms with Gasteiger partial charge in [0.25, 0.3) is 0 Å². The van der Waals surface area contributed by atoms with Gasteiger partial charge in [0, 0.05) is 25.0 Å². The number of hydrogen-bond acceptors (Lipinski definition) is 6. The molecule has 0 aliphatic rings. The van der Waals surface area contributed by atoms with Crippen LogP contribution in [0, 0.1) is 11.5 Å². The standard InChI is InChI=1S/C12H12N6/c13-8-16-12-6-11(17-9-18-12)15-5-3-10-2-1-4-14-7-10/h1-2,4,6-7,9H,3,5H2,(H2,15,16,17,18). The van der Waals surface area contributed by atoms with Gasteiger partial charge in [-0.25, -0.2) is 9.97 Å². The van der Waals surface area contributed by atoms with Gasteiger partial charge in [-0.2, -0.15) is 5.26 Å². The highest BCUT2D eigenvalue weighted by Gasteiger charge is 1.98. The van der Waals surface area contributed by atoms with Crippen LogP contribution in [0.1, 0.15) is 5.56 Å². The van der Waals surface area contributed by atoms with E-state index >= 15 is 0 Å². The molecule has 18 heavy (non-hydrogen) atoms. The highest BCUT2D eigenvalue weighted by molar-refractivity contribution is 5.48. The van der Waals surface area contributed by atoms with Crippen LogP contribution in [0.25, 0.3) is 0 Å². The predicted octanol–water partition coefficient (Wildman–Crippen LogP) is 1.42. The third-order valence-electron chi connectivity index (χ3n) is 2.29. The summed E-state index contributed by atoms with van der Waals surface area (Å²) in [6, 6.07) is 5.62. The third kappa shape index (κ3) is 3.42. The lowest BCUT2D eigenvalue weighted by Crippen LogP contribution is -2.07. The Morgan fingerprint density at radius 3 is 2.94 bits per heavy atom. The van der Waals surface area contributed by atoms with E-state index in [2.05, 4.69) is 25.6 Å². The molecule has 6 heteroatoms. The van der Waals surface area contributed by atoms with Crippen LogP contribution in [0.5, 0.6) is 0 Å². The summed E-state index contributed by atoms with van der Waals surface area (Å²) in [6.07, 6.45) is 7.67. The zero-order valence-corrected chi connectivity index (χ0v) is 9.67. The first-order valence-electron chi connectivity index (χ1n) is 5.48. The van der Waals surface area contributed by atoms with Crippen LogP contribution >= 0.6 is 0 Å². The molecule has 0 aliphatic carbocycles. The number of nitrogens with zero attached hydrogens (tertiary/aromatic N) is 4. The summed E-state index contributed by atoms with van der Waals surface area (Å²) in [6.45, 7) is 0.745. The molecule has 0 atom stereocenters. The van der Waals surface area contributed by atoms with Crippen LogP contribution in [0.2, 0.25) is 0 Å². The molecule has 0 saturated carbocycles. The van der Waals surface area contributed by atoms with Crippen molar-refractivity contribution in [2.75, 3.05) is 17.2 Å². The number of anilines is 2. The van der Waals surface area contributed by atoms with E-state index in [0.717, 1.165) is 18.5 Å². The normalized spacial score (nSPS) is 9.50. The Morgan fingerprint density at radius 2 is 2.17 bits per heavy atom. The van der Waals surface area contributed by atoms with Crippen molar-refractivity contribution in [3.8, 4) is 6.19 Å². The number of nitriles is 1. The summed E-state index contributed by atoms with van der Waals surface area (Å²) in [5.41, 5.74) is 1.16. The molecular weight excluding hydrogens is 228 g/mol. The lowest BCUT2D eigenvalue weighted by molar-refractivity contribution is 0.989. The van der Waals surface area contributed by atoms with Crippen LogP contribution in [0.3, 0.4) is 0 Å². The van der Waals surface area contributed by atoms with Crippen LogP contribution in [0.4, 0.5) is 11.6 Å². The molecule has 90 valence electrons. The quantitative estimate of drug-likeness (QED) is 0.607. The van der Waals surface area contributed by atoms with Crippen molar-refractivity contribution in [3.63, 3.8) is 0 Å². The van der Waals surface area contributed by atoms with E-state index in [0.29, 0.717) is 11.6 Å². The molecule has 0 fully saturated rings. The highest BCUT2D eigenvalue weighted by atomic mass is 15.1. The van der Waals surface area contributed by atoms with Crippen LogP contribution in [0.15, 0.2) is 36.9 Å². The molecule has 0 aliphatic heterocycles. The van der Waals surface area contributed by atoms with E-state index < -0.39 is 0 Å². The maximum Gasteiger partial charge on any atom is 0.182 e. The van der Waals surface area contributed by atoms with E-state index in [1.54, 1.807) is 12.3 Å². The summed E-state index contributed by atoms with van der Waals surface area (Å²) >= 11 is 0. The Labute approximate surface area is 105 Å². The van der Waals surface area contributed by atoms with Gasteiger partial charge in [0.1, 0.15) is 18.0 Å². The molecule has 0 saturated heterocycles. The molecule has 2 heterocycles. The van der Waals surface area contributed by atoms with E-state index in [-0.39, 0.29) is 0 Å². The monoisotopic (exact) mass is 240 g/mol. The van der Waals surface area contributed by atoms with Crippen molar-refractivity contribution in [1.29, 1.82) is 5.26 Å². The molecule has 0 spiro atoms. The minimum absolute atomic E-state index is 0.483. The third-order valence-corrected chi connectivity index (χ3v) is 2.29. The van der Waals surface area contributed by atoms with Gasteiger partial charge in [-0.1, -0.05) is 6.07 Å². The summed E-state index contributed by atoms with van der Waals surface area (Å²) < 4.78 is 0. The lowest BCUT2D eigenvalue weighted by Gasteiger charge is -2.05. The van der Waals surface area contributed by atoms with E-state index in [9.17, 15) is 0 Å². The zero-order valence-electron chi connectivity index (χ0n) is 9.67. The van der Waals surface area contributed by atoms with Gasteiger partial charge in [-0.05, 0) is 18.1 Å². The predicted molar refractivity (Wildman–Crippen MR) is 67.7 cm³/mol. The molecule has 2 N–H and O–H groups in total. The second kappa shape index (κ2) is 6.15. The van der Waals surface area contributed by atoms with Crippen molar-refractivity contribution in [1.82, 2.24) is 15.0 Å². The average molecular weight is 240 g/mol. The zero-order chi connectivity index (χ0) is 12.6. The SMILES string of the molecule is N#CNc1cc(NCCc2cccnc2)ncn1. The summed E-state index contributed by atoms with van der Waals surface area (Å²) in [4.78, 5) is 12.0. The van der Waals surface area contributed by atoms with Gasteiger partial charge >= 0.3 is 0 Å². The fourth-order valence-corrected chi connectivity index (χ4v) is 1.46. The van der Waals surface area contributed by atoms with Gasteiger partial charge in [0.15, 0.2) is 6.19 Å². The Bertz CT molecular complexity index is 534. The maximum absolute atomic E-state index is 8.49. The second-order valence-corrected chi connectivity index (χ2v) is 3.56. The number of rotatable bonds is 5. The topological polar surface area (TPSA) is 86.5 Å². The molecular formula is C12H12N6. The van der Waals surface area contributed by atoms with Crippen molar-refractivity contribution in [2.45, 2.75) is 6.42 Å². The maximum atomic E-state index is 8.49. The number of hydrogen-bond donors (Lipinski definition) is 2. The van der Waals surface area contributed by atoms with Crippen LogP contribution in [-0.2, 0) is 6.42 Å². The fourth-order valence-electron chi connectivity index (χ4n) is 1.46. The van der Waals surface area contributed by atoms with Crippen molar-refractivity contribution in [3.05, 3.63) is 42.5 Å². The highest BCUT2D eigenvalue weighted by Crippen LogP contribution is 2.08. The fraction of sp³-hybridized carbons (Fsp3) is 0.167. The Balaban J connectivity index is 1.87. The minimum atomic E-state index is 0.483. The van der Waals surface area contributed by atoms with E-state index in [1.165, 1.54) is 6.33 Å². The van der Waals surface area contributed by atoms with E-state index in [4.69, 9.17) is 5.26 Å². The molecule has 6 nitrogen and oxygen atoms in total. The van der Waals surface area contributed by atoms with Crippen LogP contribution in [-0.4, -0.2) is 21.5 Å². The minimum Gasteiger partial charge on any atom is -0.370 e. The van der Waals surface area contributed by atoms with Gasteiger partial charge < -0.3 is 5.32 Å². The van der Waals surface area contributed by atoms with Gasteiger partial charge in [-0.3, -0.25) is 10.3 Å². The molecule has 2 aromatic rings. The van der Waals surface area contributed by atoms with Gasteiger partial charge in [0.2, 0.25) is 0 Å². The van der Waals surface area contributed by atoms with E-state index in [1.807, 2.05) is 24.5 Å². The lowest BCUT2D eigenvalue weighted by atomic mass is 10.2. The Hall–Kier alpha value is -2.68. The smallest absolute Gasteiger partial charge is 0.182 e. The Kier molecular flexibility index (Phi) is 4.03. The molecule has 0 radical (unpaired) electrons. The van der Waals surface area contributed by atoms with Crippen molar-refractivity contribution >= 4 is 11.6 Å². The summed E-state index contributed by atoms with van der Waals surface area (Å²) in [5, 5.41) is 14.1. The number of nitrogens with one attached hydrogen (secondary N) is 2. The first-order chi connectivity index (χ1) is 8.88. The Morgan fingerprint density at radius 1 is 1.28 bits per heavy atom. The summed E-state index contributed by atoms with van der Waals surface area (Å²) in [7, 11) is 0. The van der Waals surface area contributed by atoms with Gasteiger partial charge in [-0.15, -0.1) is 0 Å². The molecule has 0 aromatic carbocycles. The molecule has 0 amide bonds. The first kappa shape index (κ1) is 11.8. The van der Waals surface area contributed by atoms with Crippen molar-refractivity contribution in [2.24, 2.45) is 0 Å². The molecule has 0 bridgehead atoms. The number of aromatic nitrogens is 3. The molecule has 0 unspecified atom stereocenters. The van der Waals surface area contributed by atoms with Gasteiger partial charge in [0.05, 0.1) is 0 Å². The molecule has 2 aromatic heterocycles. The summed E-state index contributed by atoms with van der Waals surface area (Å²) in [5.74, 6) is 1.17. The number of pyridine rings is 1. The largest absolute Gasteiger partial charge is 0.370 e. The second-order valence-electron chi connectivity index (χ2n) is 3.56. The van der Waals surface area contributed by atoms with Crippen LogP contribution < -0.4 is 10.6 Å². The first-order valence-corrected chi connectivity index (χ1v) is 5.48. The van der Waals surface area contributed by atoms with Crippen molar-refractivity contribution < 1.29 is 0 Å².